The summed E-state index contributed by atoms with van der Waals surface area (Å²) in [6.45, 7) is 5.91. The van der Waals surface area contributed by atoms with Crippen LogP contribution in [0, 0.1) is 19.8 Å². The van der Waals surface area contributed by atoms with Crippen LogP contribution in [-0.4, -0.2) is 40.0 Å². The fourth-order valence-electron chi connectivity index (χ4n) is 4.53. The summed E-state index contributed by atoms with van der Waals surface area (Å²) in [5.41, 5.74) is 2.90. The lowest BCUT2D eigenvalue weighted by Gasteiger charge is -2.34. The molecule has 0 atom stereocenters. The molecule has 6 nitrogen and oxygen atoms in total. The number of amides is 1. The van der Waals surface area contributed by atoms with Crippen LogP contribution in [0.5, 0.6) is 0 Å². The molecule has 2 fully saturated rings. The molecule has 1 aliphatic carbocycles. The Kier molecular flexibility index (Phi) is 6.07. The summed E-state index contributed by atoms with van der Waals surface area (Å²) in [6.07, 6.45) is 9.40. The molecule has 1 aliphatic heterocycles. The van der Waals surface area contributed by atoms with Crippen molar-refractivity contribution in [3.63, 3.8) is 0 Å². The van der Waals surface area contributed by atoms with E-state index in [-0.39, 0.29) is 11.9 Å². The van der Waals surface area contributed by atoms with Gasteiger partial charge >= 0.3 is 0 Å². The third kappa shape index (κ3) is 4.74. The predicted octanol–water partition coefficient (Wildman–Crippen LogP) is 3.82. The molecule has 4 rings (SSSR count). The van der Waals surface area contributed by atoms with Crippen LogP contribution in [0.2, 0.25) is 0 Å². The smallest absolute Gasteiger partial charge is 0.220 e. The summed E-state index contributed by atoms with van der Waals surface area (Å²) in [5.74, 6) is 2.51. The van der Waals surface area contributed by atoms with E-state index in [0.717, 1.165) is 48.7 Å². The lowest BCUT2D eigenvalue weighted by Crippen LogP contribution is -2.45. The Morgan fingerprint density at radius 1 is 1.10 bits per heavy atom. The first-order valence-corrected chi connectivity index (χ1v) is 10.9. The van der Waals surface area contributed by atoms with Crippen molar-refractivity contribution in [1.82, 2.24) is 20.3 Å². The number of pyridine rings is 1. The molecule has 0 unspecified atom stereocenters. The fraction of sp³-hybridized carbons (Fsp3) is 0.565. The van der Waals surface area contributed by atoms with Crippen LogP contribution in [0.1, 0.15) is 56.2 Å². The quantitative estimate of drug-likeness (QED) is 0.836. The van der Waals surface area contributed by atoms with Gasteiger partial charge in [-0.3, -0.25) is 9.78 Å². The van der Waals surface area contributed by atoms with Crippen LogP contribution in [0.25, 0.3) is 11.5 Å². The molecular weight excluding hydrogens is 362 g/mol. The van der Waals surface area contributed by atoms with Gasteiger partial charge in [0.15, 0.2) is 5.82 Å². The average molecular weight is 394 g/mol. The van der Waals surface area contributed by atoms with E-state index in [1.54, 1.807) is 6.20 Å². The highest BCUT2D eigenvalue weighted by atomic mass is 16.1. The average Bonchev–Trinajstić information content (AvgIpc) is 3.24. The van der Waals surface area contributed by atoms with Gasteiger partial charge in [0, 0.05) is 43.0 Å². The van der Waals surface area contributed by atoms with E-state index >= 15 is 0 Å². The highest BCUT2D eigenvalue weighted by Crippen LogP contribution is 2.28. The summed E-state index contributed by atoms with van der Waals surface area (Å²) >= 11 is 0. The molecule has 0 bridgehead atoms. The van der Waals surface area contributed by atoms with Gasteiger partial charge in [-0.15, -0.1) is 0 Å². The second kappa shape index (κ2) is 8.89. The number of piperidine rings is 1. The monoisotopic (exact) mass is 393 g/mol. The highest BCUT2D eigenvalue weighted by Gasteiger charge is 2.25. The lowest BCUT2D eigenvalue weighted by molar-refractivity contribution is -0.122. The van der Waals surface area contributed by atoms with Crippen LogP contribution in [0.15, 0.2) is 24.4 Å². The first-order chi connectivity index (χ1) is 14.1. The molecular formula is C23H31N5O. The van der Waals surface area contributed by atoms with Crippen LogP contribution in [-0.2, 0) is 4.79 Å². The van der Waals surface area contributed by atoms with E-state index in [1.165, 1.54) is 25.7 Å². The number of nitrogens with zero attached hydrogens (tertiary/aromatic N) is 4. The largest absolute Gasteiger partial charge is 0.356 e. The van der Waals surface area contributed by atoms with E-state index in [2.05, 4.69) is 27.1 Å². The van der Waals surface area contributed by atoms with Crippen molar-refractivity contribution in [1.29, 1.82) is 0 Å². The van der Waals surface area contributed by atoms with Crippen LogP contribution in [0.3, 0.4) is 0 Å². The van der Waals surface area contributed by atoms with E-state index in [1.807, 2.05) is 25.1 Å². The van der Waals surface area contributed by atoms with Crippen LogP contribution in [0.4, 0.5) is 5.82 Å². The third-order valence-electron chi connectivity index (χ3n) is 6.37. The minimum absolute atomic E-state index is 0.238. The second-order valence-corrected chi connectivity index (χ2v) is 8.48. The Labute approximate surface area is 173 Å². The topological polar surface area (TPSA) is 71.0 Å². The Morgan fingerprint density at radius 3 is 2.55 bits per heavy atom. The van der Waals surface area contributed by atoms with E-state index in [0.29, 0.717) is 18.2 Å². The third-order valence-corrected chi connectivity index (χ3v) is 6.37. The van der Waals surface area contributed by atoms with Crippen molar-refractivity contribution in [3.8, 4) is 11.5 Å². The lowest BCUT2D eigenvalue weighted by atomic mass is 10.0. The summed E-state index contributed by atoms with van der Waals surface area (Å²) < 4.78 is 0. The van der Waals surface area contributed by atoms with E-state index in [9.17, 15) is 4.79 Å². The van der Waals surface area contributed by atoms with Crippen LogP contribution < -0.4 is 10.2 Å². The van der Waals surface area contributed by atoms with Gasteiger partial charge in [-0.1, -0.05) is 18.9 Å². The zero-order chi connectivity index (χ0) is 20.2. The van der Waals surface area contributed by atoms with Gasteiger partial charge in [0.25, 0.3) is 0 Å². The zero-order valence-corrected chi connectivity index (χ0v) is 17.5. The maximum Gasteiger partial charge on any atom is 0.220 e. The van der Waals surface area contributed by atoms with Crippen molar-refractivity contribution in [3.05, 3.63) is 35.7 Å². The van der Waals surface area contributed by atoms with Gasteiger partial charge in [-0.05, 0) is 57.6 Å². The van der Waals surface area contributed by atoms with E-state index in [4.69, 9.17) is 4.98 Å². The minimum atomic E-state index is 0.238. The molecule has 2 aliphatic rings. The van der Waals surface area contributed by atoms with Gasteiger partial charge in [0.05, 0.1) is 0 Å². The molecule has 3 heterocycles. The number of carbonyl (C=O) groups is 1. The second-order valence-electron chi connectivity index (χ2n) is 8.48. The molecule has 0 aromatic carbocycles. The number of rotatable bonds is 5. The van der Waals surface area contributed by atoms with Crippen molar-refractivity contribution in [2.75, 3.05) is 18.0 Å². The normalized spacial score (nSPS) is 18.2. The maximum atomic E-state index is 12.4. The number of anilines is 1. The van der Waals surface area contributed by atoms with Crippen molar-refractivity contribution in [2.24, 2.45) is 5.92 Å². The highest BCUT2D eigenvalue weighted by molar-refractivity contribution is 5.76. The maximum absolute atomic E-state index is 12.4. The van der Waals surface area contributed by atoms with Crippen molar-refractivity contribution < 1.29 is 4.79 Å². The predicted molar refractivity (Wildman–Crippen MR) is 115 cm³/mol. The van der Waals surface area contributed by atoms with Crippen LogP contribution >= 0.6 is 0 Å². The van der Waals surface area contributed by atoms with E-state index < -0.39 is 0 Å². The molecule has 1 N–H and O–H groups in total. The van der Waals surface area contributed by atoms with Crippen molar-refractivity contribution in [2.45, 2.75) is 64.8 Å². The number of hydrogen-bond donors (Lipinski definition) is 1. The SMILES string of the molecule is Cc1nc(-c2ccccn2)nc(N2CCC(NC(=O)CC3CCCC3)CC2)c1C. The number of nitrogens with one attached hydrogen (secondary N) is 1. The first-order valence-electron chi connectivity index (χ1n) is 10.9. The van der Waals surface area contributed by atoms with Gasteiger partial charge in [-0.2, -0.15) is 0 Å². The summed E-state index contributed by atoms with van der Waals surface area (Å²) in [7, 11) is 0. The molecule has 29 heavy (non-hydrogen) atoms. The number of carbonyl (C=O) groups excluding carboxylic acids is 1. The van der Waals surface area contributed by atoms with Gasteiger partial charge < -0.3 is 10.2 Å². The van der Waals surface area contributed by atoms with Crippen molar-refractivity contribution >= 4 is 11.7 Å². The Hall–Kier alpha value is -2.50. The summed E-state index contributed by atoms with van der Waals surface area (Å²) in [5, 5.41) is 3.27. The summed E-state index contributed by atoms with van der Waals surface area (Å²) in [6, 6.07) is 6.08. The minimum Gasteiger partial charge on any atom is -0.356 e. The molecule has 1 amide bonds. The van der Waals surface area contributed by atoms with Gasteiger partial charge in [0.1, 0.15) is 11.5 Å². The fourth-order valence-corrected chi connectivity index (χ4v) is 4.53. The molecule has 0 radical (unpaired) electrons. The number of hydrogen-bond acceptors (Lipinski definition) is 5. The first kappa shape index (κ1) is 19.8. The molecule has 1 saturated heterocycles. The Bertz CT molecular complexity index is 840. The molecule has 154 valence electrons. The molecule has 2 aromatic rings. The molecule has 1 saturated carbocycles. The molecule has 2 aromatic heterocycles. The number of aryl methyl sites for hydroxylation is 1. The molecule has 6 heteroatoms. The number of aromatic nitrogens is 3. The standard InChI is InChI=1S/C23H31N5O/c1-16-17(2)25-22(20-9-5-6-12-24-20)27-23(16)28-13-10-19(11-14-28)26-21(29)15-18-7-3-4-8-18/h5-6,9,12,18-19H,3-4,7-8,10-11,13-15H2,1-2H3,(H,26,29). The Balaban J connectivity index is 1.39. The molecule has 0 spiro atoms. The Morgan fingerprint density at radius 2 is 1.86 bits per heavy atom. The van der Waals surface area contributed by atoms with Gasteiger partial charge in [0.2, 0.25) is 5.91 Å². The van der Waals surface area contributed by atoms with Gasteiger partial charge in [-0.25, -0.2) is 9.97 Å². The summed E-state index contributed by atoms with van der Waals surface area (Å²) in [4.78, 5) is 28.6. The zero-order valence-electron chi connectivity index (χ0n) is 17.5.